The predicted octanol–water partition coefficient (Wildman–Crippen LogP) is 3.93. The average molecular weight is 399 g/mol. The van der Waals surface area contributed by atoms with Gasteiger partial charge in [0.25, 0.3) is 0 Å². The largest absolute Gasteiger partial charge is 0.467 e. The number of nitrogens with zero attached hydrogens (tertiary/aromatic N) is 3. The molecule has 0 fully saturated rings. The van der Waals surface area contributed by atoms with Crippen molar-refractivity contribution in [3.63, 3.8) is 0 Å². The first kappa shape index (κ1) is 20.2. The molecule has 0 saturated heterocycles. The van der Waals surface area contributed by atoms with E-state index in [0.717, 1.165) is 22.5 Å². The molecule has 0 unspecified atom stereocenters. The third kappa shape index (κ3) is 5.25. The van der Waals surface area contributed by atoms with Gasteiger partial charge in [-0.15, -0.1) is 10.2 Å². The summed E-state index contributed by atoms with van der Waals surface area (Å²) in [6, 6.07) is 12.5. The molecule has 0 aliphatic carbocycles. The number of rotatable bonds is 8. The maximum absolute atomic E-state index is 11.2. The van der Waals surface area contributed by atoms with Crippen LogP contribution in [-0.4, -0.2) is 20.7 Å². The van der Waals surface area contributed by atoms with E-state index >= 15 is 0 Å². The van der Waals surface area contributed by atoms with Crippen LogP contribution in [0.4, 0.5) is 0 Å². The zero-order chi connectivity index (χ0) is 20.1. The molecule has 0 saturated carbocycles. The third-order valence-electron chi connectivity index (χ3n) is 4.47. The van der Waals surface area contributed by atoms with Crippen molar-refractivity contribution in [2.75, 3.05) is 0 Å². The molecule has 6 nitrogen and oxygen atoms in total. The monoisotopic (exact) mass is 398 g/mol. The molecular formula is C21H26N4O2S. The molecule has 0 bridgehead atoms. The minimum atomic E-state index is -0.347. The summed E-state index contributed by atoms with van der Waals surface area (Å²) in [7, 11) is 0. The first-order valence-corrected chi connectivity index (χ1v) is 10.3. The molecule has 2 heterocycles. The van der Waals surface area contributed by atoms with Gasteiger partial charge in [-0.3, -0.25) is 9.36 Å². The van der Waals surface area contributed by atoms with Crippen molar-refractivity contribution in [2.24, 2.45) is 5.73 Å². The molecule has 0 aliphatic rings. The van der Waals surface area contributed by atoms with Gasteiger partial charge in [-0.1, -0.05) is 56.8 Å². The Hall–Kier alpha value is -2.54. The fraction of sp³-hybridized carbons (Fsp3) is 0.381. The molecule has 148 valence electrons. The van der Waals surface area contributed by atoms with E-state index in [4.69, 9.17) is 10.2 Å². The molecule has 1 aromatic carbocycles. The standard InChI is InChI=1S/C21H26N4O2S/c1-21(2,3)16-8-6-15(7-9-16)14-28-20-24-23-19(11-10-18(22)26)25(20)13-17-5-4-12-27-17/h4-9,12H,10-11,13-14H2,1-3H3,(H2,22,26). The lowest BCUT2D eigenvalue weighted by Crippen LogP contribution is -2.14. The van der Waals surface area contributed by atoms with Crippen molar-refractivity contribution in [2.45, 2.75) is 56.5 Å². The zero-order valence-corrected chi connectivity index (χ0v) is 17.3. The van der Waals surface area contributed by atoms with Crippen LogP contribution in [0.3, 0.4) is 0 Å². The molecule has 0 spiro atoms. The first-order chi connectivity index (χ1) is 13.3. The lowest BCUT2D eigenvalue weighted by atomic mass is 9.87. The molecule has 2 aromatic heterocycles. The van der Waals surface area contributed by atoms with Crippen molar-refractivity contribution in [1.82, 2.24) is 14.8 Å². The normalized spacial score (nSPS) is 11.7. The van der Waals surface area contributed by atoms with Crippen LogP contribution < -0.4 is 5.73 Å². The van der Waals surface area contributed by atoms with Crippen LogP contribution in [0.5, 0.6) is 0 Å². The fourth-order valence-electron chi connectivity index (χ4n) is 2.81. The minimum Gasteiger partial charge on any atom is -0.467 e. The van der Waals surface area contributed by atoms with Crippen LogP contribution in [0.25, 0.3) is 0 Å². The quantitative estimate of drug-likeness (QED) is 0.581. The highest BCUT2D eigenvalue weighted by Gasteiger charge is 2.16. The summed E-state index contributed by atoms with van der Waals surface area (Å²) in [5.74, 6) is 1.99. The van der Waals surface area contributed by atoms with Gasteiger partial charge in [0.15, 0.2) is 5.16 Å². The Labute approximate surface area is 169 Å². The smallest absolute Gasteiger partial charge is 0.217 e. The van der Waals surface area contributed by atoms with Gasteiger partial charge in [-0.05, 0) is 28.7 Å². The zero-order valence-electron chi connectivity index (χ0n) is 16.5. The van der Waals surface area contributed by atoms with Gasteiger partial charge in [0.05, 0.1) is 12.8 Å². The number of hydrogen-bond donors (Lipinski definition) is 1. The number of furan rings is 1. The number of hydrogen-bond acceptors (Lipinski definition) is 5. The Balaban J connectivity index is 1.74. The summed E-state index contributed by atoms with van der Waals surface area (Å²) in [5, 5.41) is 9.40. The summed E-state index contributed by atoms with van der Waals surface area (Å²) in [6.07, 6.45) is 2.35. The second kappa shape index (κ2) is 8.65. The number of carbonyl (C=O) groups is 1. The van der Waals surface area contributed by atoms with Gasteiger partial charge >= 0.3 is 0 Å². The van der Waals surface area contributed by atoms with E-state index in [1.54, 1.807) is 18.0 Å². The van der Waals surface area contributed by atoms with Crippen molar-refractivity contribution in [3.05, 3.63) is 65.4 Å². The summed E-state index contributed by atoms with van der Waals surface area (Å²) in [5.41, 5.74) is 7.98. The molecule has 2 N–H and O–H groups in total. The maximum atomic E-state index is 11.2. The minimum absolute atomic E-state index is 0.143. The molecule has 1 amide bonds. The number of amides is 1. The molecule has 3 rings (SSSR count). The highest BCUT2D eigenvalue weighted by atomic mass is 32.2. The molecule has 3 aromatic rings. The molecule has 0 aliphatic heterocycles. The molecule has 0 atom stereocenters. The van der Waals surface area contributed by atoms with E-state index in [9.17, 15) is 4.79 Å². The summed E-state index contributed by atoms with van der Waals surface area (Å²) in [6.45, 7) is 7.16. The maximum Gasteiger partial charge on any atom is 0.217 e. The van der Waals surface area contributed by atoms with Crippen LogP contribution in [-0.2, 0) is 28.9 Å². The second-order valence-electron chi connectivity index (χ2n) is 7.77. The van der Waals surface area contributed by atoms with Gasteiger partial charge in [-0.2, -0.15) is 0 Å². The van der Waals surface area contributed by atoms with Gasteiger partial charge in [0.1, 0.15) is 11.6 Å². The van der Waals surface area contributed by atoms with Gasteiger partial charge < -0.3 is 10.2 Å². The Bertz CT molecular complexity index is 909. The van der Waals surface area contributed by atoms with Crippen molar-refractivity contribution in [1.29, 1.82) is 0 Å². The topological polar surface area (TPSA) is 86.9 Å². The number of aromatic nitrogens is 3. The number of nitrogens with two attached hydrogens (primary N) is 1. The van der Waals surface area contributed by atoms with Crippen LogP contribution in [0.2, 0.25) is 0 Å². The fourth-order valence-corrected chi connectivity index (χ4v) is 3.72. The van der Waals surface area contributed by atoms with Gasteiger partial charge in [0, 0.05) is 18.6 Å². The molecule has 28 heavy (non-hydrogen) atoms. The van der Waals surface area contributed by atoms with E-state index in [-0.39, 0.29) is 17.7 Å². The number of primary amides is 1. The molecule has 0 radical (unpaired) electrons. The second-order valence-corrected chi connectivity index (χ2v) is 8.71. The van der Waals surface area contributed by atoms with Gasteiger partial charge in [0.2, 0.25) is 5.91 Å². The predicted molar refractivity (Wildman–Crippen MR) is 110 cm³/mol. The lowest BCUT2D eigenvalue weighted by Gasteiger charge is -2.19. The van der Waals surface area contributed by atoms with Crippen LogP contribution in [0.1, 0.15) is 49.9 Å². The Morgan fingerprint density at radius 1 is 1.18 bits per heavy atom. The van der Waals surface area contributed by atoms with E-state index in [2.05, 4.69) is 55.2 Å². The Morgan fingerprint density at radius 2 is 1.93 bits per heavy atom. The number of aryl methyl sites for hydroxylation is 1. The van der Waals surface area contributed by atoms with Gasteiger partial charge in [-0.25, -0.2) is 0 Å². The van der Waals surface area contributed by atoms with E-state index in [1.165, 1.54) is 11.1 Å². The van der Waals surface area contributed by atoms with Crippen molar-refractivity contribution >= 4 is 17.7 Å². The van der Waals surface area contributed by atoms with Crippen molar-refractivity contribution in [3.8, 4) is 0 Å². The number of thioether (sulfide) groups is 1. The van der Waals surface area contributed by atoms with E-state index in [0.29, 0.717) is 13.0 Å². The Morgan fingerprint density at radius 3 is 2.54 bits per heavy atom. The summed E-state index contributed by atoms with van der Waals surface area (Å²) >= 11 is 1.62. The highest BCUT2D eigenvalue weighted by Crippen LogP contribution is 2.26. The molecule has 7 heteroatoms. The third-order valence-corrected chi connectivity index (χ3v) is 5.51. The van der Waals surface area contributed by atoms with Crippen LogP contribution >= 0.6 is 11.8 Å². The average Bonchev–Trinajstić information content (AvgIpc) is 3.28. The van der Waals surface area contributed by atoms with Crippen molar-refractivity contribution < 1.29 is 9.21 Å². The molecular weight excluding hydrogens is 372 g/mol. The van der Waals surface area contributed by atoms with Crippen LogP contribution in [0.15, 0.2) is 52.2 Å². The first-order valence-electron chi connectivity index (χ1n) is 9.28. The van der Waals surface area contributed by atoms with Crippen LogP contribution in [0, 0.1) is 0 Å². The SMILES string of the molecule is CC(C)(C)c1ccc(CSc2nnc(CCC(N)=O)n2Cc2ccco2)cc1. The van der Waals surface area contributed by atoms with E-state index in [1.807, 2.05) is 16.7 Å². The number of carbonyl (C=O) groups excluding carboxylic acids is 1. The Kier molecular flexibility index (Phi) is 6.24. The number of benzene rings is 1. The summed E-state index contributed by atoms with van der Waals surface area (Å²) in [4.78, 5) is 11.2. The summed E-state index contributed by atoms with van der Waals surface area (Å²) < 4.78 is 7.47. The lowest BCUT2D eigenvalue weighted by molar-refractivity contribution is -0.118. The van der Waals surface area contributed by atoms with E-state index < -0.39 is 0 Å². The highest BCUT2D eigenvalue weighted by molar-refractivity contribution is 7.98.